The molecular formula is C8H17O3PS2. The molecular weight excluding hydrogens is 239 g/mol. The minimum Gasteiger partial charge on any atom is -0.305 e. The predicted octanol–water partition coefficient (Wildman–Crippen LogP) is 3.68. The summed E-state index contributed by atoms with van der Waals surface area (Å²) in [7, 11) is -3.17. The Bertz CT molecular complexity index is 221. The van der Waals surface area contributed by atoms with Gasteiger partial charge in [-0.2, -0.15) is 0 Å². The highest BCUT2D eigenvalue weighted by Gasteiger charge is 2.30. The minimum absolute atomic E-state index is 0.289. The van der Waals surface area contributed by atoms with Crippen LogP contribution in [0.1, 0.15) is 27.7 Å². The quantitative estimate of drug-likeness (QED) is 0.535. The fourth-order valence-corrected chi connectivity index (χ4v) is 4.48. The van der Waals surface area contributed by atoms with Gasteiger partial charge in [-0.1, -0.05) is 26.1 Å². The number of rotatable bonds is 6. The highest BCUT2D eigenvalue weighted by atomic mass is 32.2. The van der Waals surface area contributed by atoms with Crippen LogP contribution in [0.5, 0.6) is 0 Å². The van der Waals surface area contributed by atoms with E-state index >= 15 is 0 Å². The van der Waals surface area contributed by atoms with Crippen LogP contribution < -0.4 is 0 Å². The summed E-state index contributed by atoms with van der Waals surface area (Å²) >= 11 is 6.41. The van der Waals surface area contributed by atoms with Gasteiger partial charge in [-0.3, -0.25) is 4.57 Å². The molecule has 0 aliphatic heterocycles. The van der Waals surface area contributed by atoms with Gasteiger partial charge < -0.3 is 9.05 Å². The molecule has 14 heavy (non-hydrogen) atoms. The zero-order valence-electron chi connectivity index (χ0n) is 8.98. The van der Waals surface area contributed by atoms with E-state index in [2.05, 4.69) is 0 Å². The standard InChI is InChI=1S/C8H17O3PS2/c1-5-10-12(9,11-6-2)8(13)14-7(3)4/h7H,5-6H2,1-4H3. The van der Waals surface area contributed by atoms with Crippen LogP contribution in [-0.4, -0.2) is 22.4 Å². The van der Waals surface area contributed by atoms with Gasteiger partial charge >= 0.3 is 7.60 Å². The summed E-state index contributed by atoms with van der Waals surface area (Å²) in [4.78, 5) is 0. The Morgan fingerprint density at radius 2 is 1.79 bits per heavy atom. The first kappa shape index (κ1) is 14.6. The molecule has 0 amide bonds. The van der Waals surface area contributed by atoms with Crippen molar-refractivity contribution in [3.05, 3.63) is 0 Å². The number of thiocarbonyl (C=S) groups is 1. The summed E-state index contributed by atoms with van der Waals surface area (Å²) < 4.78 is 22.6. The second kappa shape index (κ2) is 6.96. The SMILES string of the molecule is CCOP(=O)(OCC)C(=S)SC(C)C. The lowest BCUT2D eigenvalue weighted by molar-refractivity contribution is 0.233. The fraction of sp³-hybridized carbons (Fsp3) is 0.875. The van der Waals surface area contributed by atoms with Crippen LogP contribution in [0, 0.1) is 0 Å². The van der Waals surface area contributed by atoms with Crippen molar-refractivity contribution in [1.82, 2.24) is 0 Å². The Morgan fingerprint density at radius 3 is 2.07 bits per heavy atom. The van der Waals surface area contributed by atoms with Gasteiger partial charge in [-0.15, -0.1) is 11.8 Å². The largest absolute Gasteiger partial charge is 0.378 e. The van der Waals surface area contributed by atoms with E-state index in [1.807, 2.05) is 13.8 Å². The molecule has 0 bridgehead atoms. The maximum absolute atomic E-state index is 12.0. The van der Waals surface area contributed by atoms with E-state index in [-0.39, 0.29) is 5.25 Å². The predicted molar refractivity (Wildman–Crippen MR) is 66.2 cm³/mol. The normalized spacial score (nSPS) is 12.1. The van der Waals surface area contributed by atoms with E-state index in [1.54, 1.807) is 13.8 Å². The molecule has 3 nitrogen and oxygen atoms in total. The highest BCUT2D eigenvalue weighted by molar-refractivity contribution is 8.35. The minimum atomic E-state index is -3.17. The van der Waals surface area contributed by atoms with E-state index in [4.69, 9.17) is 21.3 Å². The van der Waals surface area contributed by atoms with E-state index in [0.29, 0.717) is 17.2 Å². The van der Waals surface area contributed by atoms with Crippen LogP contribution >= 0.6 is 31.6 Å². The van der Waals surface area contributed by atoms with Crippen LogP contribution in [0.3, 0.4) is 0 Å². The lowest BCUT2D eigenvalue weighted by Gasteiger charge is -2.18. The molecule has 0 aliphatic rings. The summed E-state index contributed by atoms with van der Waals surface area (Å²) in [6, 6.07) is 0. The van der Waals surface area contributed by atoms with Crippen molar-refractivity contribution in [3.8, 4) is 0 Å². The highest BCUT2D eigenvalue weighted by Crippen LogP contribution is 2.53. The third kappa shape index (κ3) is 4.89. The molecule has 84 valence electrons. The monoisotopic (exact) mass is 256 g/mol. The van der Waals surface area contributed by atoms with Gasteiger partial charge in [0.15, 0.2) is 3.94 Å². The van der Waals surface area contributed by atoms with E-state index in [9.17, 15) is 4.57 Å². The van der Waals surface area contributed by atoms with E-state index < -0.39 is 7.60 Å². The van der Waals surface area contributed by atoms with Gasteiger partial charge in [0.05, 0.1) is 13.2 Å². The van der Waals surface area contributed by atoms with Crippen LogP contribution in [-0.2, 0) is 13.6 Å². The van der Waals surface area contributed by atoms with Gasteiger partial charge in [-0.25, -0.2) is 0 Å². The summed E-state index contributed by atoms with van der Waals surface area (Å²) in [6.07, 6.45) is 0. The molecule has 0 atom stereocenters. The van der Waals surface area contributed by atoms with Crippen molar-refractivity contribution in [2.75, 3.05) is 13.2 Å². The molecule has 0 heterocycles. The topological polar surface area (TPSA) is 35.5 Å². The van der Waals surface area contributed by atoms with Crippen molar-refractivity contribution in [2.45, 2.75) is 32.9 Å². The molecule has 0 aromatic heterocycles. The summed E-state index contributed by atoms with van der Waals surface area (Å²) in [5.74, 6) is 0. The summed E-state index contributed by atoms with van der Waals surface area (Å²) in [5.41, 5.74) is 0. The first-order valence-corrected chi connectivity index (χ1v) is 7.39. The molecule has 0 saturated carbocycles. The zero-order valence-corrected chi connectivity index (χ0v) is 11.5. The summed E-state index contributed by atoms with van der Waals surface area (Å²) in [5, 5.41) is 0.289. The van der Waals surface area contributed by atoms with Crippen molar-refractivity contribution < 1.29 is 13.6 Å². The van der Waals surface area contributed by atoms with E-state index in [0.717, 1.165) is 0 Å². The molecule has 0 aromatic rings. The van der Waals surface area contributed by atoms with Crippen molar-refractivity contribution in [1.29, 1.82) is 0 Å². The molecule has 6 heteroatoms. The number of thioether (sulfide) groups is 1. The molecule has 0 N–H and O–H groups in total. The smallest absolute Gasteiger partial charge is 0.305 e. The molecule has 0 saturated heterocycles. The fourth-order valence-electron chi connectivity index (χ4n) is 0.749. The van der Waals surface area contributed by atoms with E-state index in [1.165, 1.54) is 11.8 Å². The van der Waals surface area contributed by atoms with Crippen LogP contribution in [0.2, 0.25) is 0 Å². The molecule has 0 aliphatic carbocycles. The molecule has 0 aromatic carbocycles. The number of hydrogen-bond donors (Lipinski definition) is 0. The molecule has 0 fully saturated rings. The Hall–Kier alpha value is 0.590. The van der Waals surface area contributed by atoms with Crippen molar-refractivity contribution in [2.24, 2.45) is 0 Å². The second-order valence-electron chi connectivity index (χ2n) is 2.77. The lowest BCUT2D eigenvalue weighted by atomic mass is 10.6. The average Bonchev–Trinajstić information content (AvgIpc) is 2.03. The molecule has 0 unspecified atom stereocenters. The van der Waals surface area contributed by atoms with Crippen LogP contribution in [0.15, 0.2) is 0 Å². The molecule has 0 spiro atoms. The van der Waals surface area contributed by atoms with Crippen molar-refractivity contribution >= 4 is 35.5 Å². The zero-order chi connectivity index (χ0) is 11.2. The van der Waals surface area contributed by atoms with Gasteiger partial charge in [0.2, 0.25) is 0 Å². The first-order valence-electron chi connectivity index (χ1n) is 4.56. The van der Waals surface area contributed by atoms with Crippen molar-refractivity contribution in [3.63, 3.8) is 0 Å². The van der Waals surface area contributed by atoms with Gasteiger partial charge in [0.25, 0.3) is 0 Å². The lowest BCUT2D eigenvalue weighted by Crippen LogP contribution is -2.04. The Balaban J connectivity index is 4.47. The maximum Gasteiger partial charge on any atom is 0.378 e. The van der Waals surface area contributed by atoms with Gasteiger partial charge in [0.1, 0.15) is 0 Å². The average molecular weight is 256 g/mol. The Kier molecular flexibility index (Phi) is 7.26. The first-order chi connectivity index (χ1) is 6.46. The third-order valence-corrected chi connectivity index (χ3v) is 5.42. The molecule has 0 radical (unpaired) electrons. The second-order valence-corrected chi connectivity index (χ2v) is 7.58. The Morgan fingerprint density at radius 1 is 1.36 bits per heavy atom. The number of hydrogen-bond acceptors (Lipinski definition) is 5. The van der Waals surface area contributed by atoms with Crippen LogP contribution in [0.25, 0.3) is 0 Å². The van der Waals surface area contributed by atoms with Gasteiger partial charge in [-0.05, 0) is 13.8 Å². The third-order valence-electron chi connectivity index (χ3n) is 1.16. The molecule has 0 rings (SSSR count). The maximum atomic E-state index is 12.0. The van der Waals surface area contributed by atoms with Crippen LogP contribution in [0.4, 0.5) is 0 Å². The van der Waals surface area contributed by atoms with Gasteiger partial charge in [0, 0.05) is 5.25 Å². The Labute approximate surface area is 95.5 Å². The summed E-state index contributed by atoms with van der Waals surface area (Å²) in [6.45, 7) is 8.20.